The molecular weight excluding hydrogens is 308 g/mol. The third-order valence-electron chi connectivity index (χ3n) is 4.96. The first-order valence-corrected chi connectivity index (χ1v) is 9.67. The summed E-state index contributed by atoms with van der Waals surface area (Å²) in [6.07, 6.45) is 4.44. The van der Waals surface area contributed by atoms with E-state index in [2.05, 4.69) is 29.3 Å². The molecule has 126 valence electrons. The zero-order valence-electron chi connectivity index (χ0n) is 13.8. The summed E-state index contributed by atoms with van der Waals surface area (Å²) in [5.41, 5.74) is 0.828. The highest BCUT2D eigenvalue weighted by atomic mass is 32.2. The van der Waals surface area contributed by atoms with Gasteiger partial charge in [0.2, 0.25) is 0 Å². The minimum Gasteiger partial charge on any atom is -0.379 e. The Morgan fingerprint density at radius 1 is 1.39 bits per heavy atom. The molecule has 0 bridgehead atoms. The number of nitrogens with zero attached hydrogens (tertiary/aromatic N) is 1. The molecule has 1 amide bonds. The first-order valence-electron chi connectivity index (χ1n) is 8.51. The van der Waals surface area contributed by atoms with Crippen LogP contribution in [-0.4, -0.2) is 45.6 Å². The SMILES string of the molecule is CC1CCCCN1Cc1ccc(NC(=O)C2(O)CCSC2)cc1. The molecule has 0 spiro atoms. The van der Waals surface area contributed by atoms with Gasteiger partial charge in [0.25, 0.3) is 5.91 Å². The largest absolute Gasteiger partial charge is 0.379 e. The van der Waals surface area contributed by atoms with Crippen molar-refractivity contribution in [2.75, 3.05) is 23.4 Å². The lowest BCUT2D eigenvalue weighted by molar-refractivity contribution is -0.131. The highest BCUT2D eigenvalue weighted by Gasteiger charge is 2.39. The lowest BCUT2D eigenvalue weighted by atomic mass is 10.0. The van der Waals surface area contributed by atoms with Crippen LogP contribution in [0, 0.1) is 0 Å². The number of rotatable bonds is 4. The van der Waals surface area contributed by atoms with Crippen molar-refractivity contribution in [3.63, 3.8) is 0 Å². The predicted octanol–water partition coefficient (Wildman–Crippen LogP) is 2.87. The first kappa shape index (κ1) is 16.8. The quantitative estimate of drug-likeness (QED) is 0.889. The van der Waals surface area contributed by atoms with Gasteiger partial charge in [0.1, 0.15) is 0 Å². The molecule has 2 fully saturated rings. The van der Waals surface area contributed by atoms with E-state index in [9.17, 15) is 9.90 Å². The smallest absolute Gasteiger partial charge is 0.257 e. The molecule has 2 saturated heterocycles. The molecular formula is C18H26N2O2S. The normalized spacial score (nSPS) is 28.7. The van der Waals surface area contributed by atoms with Crippen LogP contribution < -0.4 is 5.32 Å². The van der Waals surface area contributed by atoms with Crippen molar-refractivity contribution in [1.82, 2.24) is 4.90 Å². The minimum atomic E-state index is -1.20. The van der Waals surface area contributed by atoms with Crippen LogP contribution in [0.15, 0.2) is 24.3 Å². The van der Waals surface area contributed by atoms with Crippen molar-refractivity contribution >= 4 is 23.4 Å². The van der Waals surface area contributed by atoms with Crippen LogP contribution in [0.1, 0.15) is 38.2 Å². The standard InChI is InChI=1S/C18H26N2O2S/c1-14-4-2-3-10-20(14)12-15-5-7-16(8-6-15)19-17(21)18(22)9-11-23-13-18/h5-8,14,22H,2-4,9-13H2,1H3,(H,19,21). The third kappa shape index (κ3) is 4.08. The number of thioether (sulfide) groups is 1. The molecule has 1 aromatic rings. The van der Waals surface area contributed by atoms with Crippen molar-refractivity contribution < 1.29 is 9.90 Å². The summed E-state index contributed by atoms with van der Waals surface area (Å²) in [5.74, 6) is 1.06. The summed E-state index contributed by atoms with van der Waals surface area (Å²) < 4.78 is 0. The Bertz CT molecular complexity index is 540. The van der Waals surface area contributed by atoms with Crippen LogP contribution in [0.3, 0.4) is 0 Å². The molecule has 1 aromatic carbocycles. The fourth-order valence-corrected chi connectivity index (χ4v) is 4.54. The van der Waals surface area contributed by atoms with Crippen LogP contribution in [0.2, 0.25) is 0 Å². The van der Waals surface area contributed by atoms with Gasteiger partial charge in [-0.05, 0) is 56.2 Å². The van der Waals surface area contributed by atoms with Crippen LogP contribution in [0.4, 0.5) is 5.69 Å². The first-order chi connectivity index (χ1) is 11.1. The number of amides is 1. The number of piperidine rings is 1. The van der Waals surface area contributed by atoms with E-state index in [0.717, 1.165) is 18.0 Å². The fraction of sp³-hybridized carbons (Fsp3) is 0.611. The number of hydrogen-bond acceptors (Lipinski definition) is 4. The van der Waals surface area contributed by atoms with Gasteiger partial charge in [-0.2, -0.15) is 11.8 Å². The highest BCUT2D eigenvalue weighted by molar-refractivity contribution is 7.99. The Kier molecular flexibility index (Phi) is 5.29. The maximum Gasteiger partial charge on any atom is 0.257 e. The van der Waals surface area contributed by atoms with Crippen molar-refractivity contribution in [2.24, 2.45) is 0 Å². The van der Waals surface area contributed by atoms with Gasteiger partial charge in [-0.1, -0.05) is 18.6 Å². The van der Waals surface area contributed by atoms with E-state index in [0.29, 0.717) is 18.2 Å². The van der Waals surface area contributed by atoms with Crippen LogP contribution in [-0.2, 0) is 11.3 Å². The van der Waals surface area contributed by atoms with E-state index >= 15 is 0 Å². The van der Waals surface area contributed by atoms with E-state index < -0.39 is 5.60 Å². The molecule has 2 N–H and O–H groups in total. The van der Waals surface area contributed by atoms with Gasteiger partial charge in [-0.25, -0.2) is 0 Å². The molecule has 0 aromatic heterocycles. The number of carbonyl (C=O) groups excluding carboxylic acids is 1. The lowest BCUT2D eigenvalue weighted by Gasteiger charge is -2.33. The van der Waals surface area contributed by atoms with Crippen molar-refractivity contribution in [3.8, 4) is 0 Å². The second-order valence-electron chi connectivity index (χ2n) is 6.80. The summed E-state index contributed by atoms with van der Waals surface area (Å²) in [7, 11) is 0. The van der Waals surface area contributed by atoms with Gasteiger partial charge < -0.3 is 10.4 Å². The molecule has 2 atom stereocenters. The number of carbonyl (C=O) groups is 1. The lowest BCUT2D eigenvalue weighted by Crippen LogP contribution is -2.42. The van der Waals surface area contributed by atoms with E-state index in [1.54, 1.807) is 11.8 Å². The number of nitrogens with one attached hydrogen (secondary N) is 1. The summed E-state index contributed by atoms with van der Waals surface area (Å²) in [6.45, 7) is 4.44. The van der Waals surface area contributed by atoms with Crippen LogP contribution in [0.25, 0.3) is 0 Å². The zero-order valence-corrected chi connectivity index (χ0v) is 14.6. The van der Waals surface area contributed by atoms with E-state index in [1.807, 2.05) is 12.1 Å². The maximum absolute atomic E-state index is 12.2. The Balaban J connectivity index is 1.57. The molecule has 2 heterocycles. The Labute approximate surface area is 142 Å². The number of aliphatic hydroxyl groups is 1. The number of hydrogen-bond donors (Lipinski definition) is 2. The van der Waals surface area contributed by atoms with Gasteiger partial charge in [0.15, 0.2) is 5.60 Å². The average Bonchev–Trinajstić information content (AvgIpc) is 3.00. The summed E-state index contributed by atoms with van der Waals surface area (Å²) >= 11 is 1.63. The van der Waals surface area contributed by atoms with Gasteiger partial charge in [-0.3, -0.25) is 9.69 Å². The average molecular weight is 334 g/mol. The molecule has 0 radical (unpaired) electrons. The van der Waals surface area contributed by atoms with Crippen molar-refractivity contribution in [1.29, 1.82) is 0 Å². The van der Waals surface area contributed by atoms with E-state index in [1.165, 1.54) is 31.4 Å². The number of benzene rings is 1. The van der Waals surface area contributed by atoms with Crippen LogP contribution in [0.5, 0.6) is 0 Å². The molecule has 4 nitrogen and oxygen atoms in total. The van der Waals surface area contributed by atoms with Gasteiger partial charge >= 0.3 is 0 Å². The van der Waals surface area contributed by atoms with Crippen molar-refractivity contribution in [2.45, 2.75) is 50.8 Å². The van der Waals surface area contributed by atoms with E-state index in [-0.39, 0.29) is 5.91 Å². The van der Waals surface area contributed by atoms with Crippen LogP contribution >= 0.6 is 11.8 Å². The van der Waals surface area contributed by atoms with Gasteiger partial charge in [0, 0.05) is 24.0 Å². The third-order valence-corrected chi connectivity index (χ3v) is 6.14. The molecule has 2 aliphatic rings. The minimum absolute atomic E-state index is 0.278. The van der Waals surface area contributed by atoms with E-state index in [4.69, 9.17) is 0 Å². The maximum atomic E-state index is 12.2. The highest BCUT2D eigenvalue weighted by Crippen LogP contribution is 2.29. The molecule has 2 unspecified atom stereocenters. The number of anilines is 1. The molecule has 3 rings (SSSR count). The summed E-state index contributed by atoms with van der Waals surface area (Å²) in [6, 6.07) is 8.67. The predicted molar refractivity (Wildman–Crippen MR) is 95.7 cm³/mol. The molecule has 0 saturated carbocycles. The Hall–Kier alpha value is -1.04. The van der Waals surface area contributed by atoms with Gasteiger partial charge in [0.05, 0.1) is 0 Å². The second-order valence-corrected chi connectivity index (χ2v) is 7.91. The second kappa shape index (κ2) is 7.24. The molecule has 5 heteroatoms. The zero-order chi connectivity index (χ0) is 16.3. The topological polar surface area (TPSA) is 52.6 Å². The summed E-state index contributed by atoms with van der Waals surface area (Å²) in [4.78, 5) is 14.7. The summed E-state index contributed by atoms with van der Waals surface area (Å²) in [5, 5.41) is 13.1. The Morgan fingerprint density at radius 2 is 2.17 bits per heavy atom. The fourth-order valence-electron chi connectivity index (χ4n) is 3.30. The monoisotopic (exact) mass is 334 g/mol. The molecule has 0 aliphatic carbocycles. The molecule has 2 aliphatic heterocycles. The van der Waals surface area contributed by atoms with Crippen molar-refractivity contribution in [3.05, 3.63) is 29.8 Å². The molecule has 23 heavy (non-hydrogen) atoms. The van der Waals surface area contributed by atoms with Gasteiger partial charge in [-0.15, -0.1) is 0 Å². The number of likely N-dealkylation sites (tertiary alicyclic amines) is 1. The Morgan fingerprint density at radius 3 is 2.83 bits per heavy atom.